The van der Waals surface area contributed by atoms with Gasteiger partial charge in [-0.3, -0.25) is 9.59 Å². The summed E-state index contributed by atoms with van der Waals surface area (Å²) < 4.78 is 26.2. The number of allylic oxidation sites excluding steroid dienone is 2. The molecule has 4 heterocycles. The number of quaternary nitrogens is 1. The van der Waals surface area contributed by atoms with Crippen molar-refractivity contribution < 1.29 is 22.5 Å². The number of fused-ring (bicyclic) bond motifs is 1. The minimum absolute atomic E-state index is 0.0535. The summed E-state index contributed by atoms with van der Waals surface area (Å²) in [5.74, 6) is 0.112. The molecule has 3 fully saturated rings. The number of nitrogens with zero attached hydrogens (tertiary/aromatic N) is 4. The van der Waals surface area contributed by atoms with Crippen LogP contribution in [0.3, 0.4) is 0 Å². The number of sulfonamides is 1. The first-order chi connectivity index (χ1) is 14.5. The largest absolute Gasteiger partial charge is 0.328 e. The molecule has 0 aromatic carbocycles. The Morgan fingerprint density at radius 2 is 1.74 bits per heavy atom. The number of amides is 2. The summed E-state index contributed by atoms with van der Waals surface area (Å²) in [6.45, 7) is 6.33. The average molecular weight is 452 g/mol. The fraction of sp³-hybridized carbons (Fsp3) is 0.727. The number of likely N-dealkylation sites (N-methyl/N-ethyl adjacent to an activating group) is 1. The van der Waals surface area contributed by atoms with Gasteiger partial charge in [0.2, 0.25) is 27.4 Å². The fourth-order valence-electron chi connectivity index (χ4n) is 5.96. The zero-order valence-corrected chi connectivity index (χ0v) is 20.1. The van der Waals surface area contributed by atoms with Crippen LogP contribution in [-0.4, -0.2) is 90.9 Å². The first-order valence-corrected chi connectivity index (χ1v) is 13.2. The Balaban J connectivity index is 1.61. The third-order valence-electron chi connectivity index (χ3n) is 7.39. The van der Waals surface area contributed by atoms with Crippen molar-refractivity contribution in [2.45, 2.75) is 51.6 Å². The average Bonchev–Trinajstić information content (AvgIpc) is 3.30. The molecule has 4 aliphatic heterocycles. The molecule has 3 saturated heterocycles. The summed E-state index contributed by atoms with van der Waals surface area (Å²) in [6, 6.07) is -0.874. The molecule has 0 bridgehead atoms. The Hall–Kier alpha value is -1.87. The first kappa shape index (κ1) is 22.3. The van der Waals surface area contributed by atoms with Gasteiger partial charge in [-0.05, 0) is 31.6 Å². The molecule has 2 amide bonds. The zero-order chi connectivity index (χ0) is 22.7. The van der Waals surface area contributed by atoms with Crippen LogP contribution < -0.4 is 0 Å². The lowest BCUT2D eigenvalue weighted by molar-refractivity contribution is -0.815. The van der Waals surface area contributed by atoms with Gasteiger partial charge in [0.25, 0.3) is 0 Å². The molecule has 0 spiro atoms. The topological polar surface area (TPSA) is 78.0 Å². The standard InChI is InChI=1S/C22H35N4O4S/c1-15(2)19-20-16(25(22(19)28)31(5,29)30)11-14-24(20)21(27)17-9-10-18(26(17,3)4)23-12-7-6-8-13-23/h9-10,15-16,19-20H,6-8,11-14H2,1-5H3/q+1/t16-,19+,20-/m1/s1. The molecule has 0 aliphatic carbocycles. The molecule has 0 radical (unpaired) electrons. The Kier molecular flexibility index (Phi) is 5.49. The van der Waals surface area contributed by atoms with Crippen LogP contribution in [0.1, 0.15) is 39.5 Å². The van der Waals surface area contributed by atoms with Gasteiger partial charge in [0, 0.05) is 31.8 Å². The molecule has 31 heavy (non-hydrogen) atoms. The Bertz CT molecular complexity index is 947. The summed E-state index contributed by atoms with van der Waals surface area (Å²) in [6.07, 6.45) is 9.11. The molecule has 0 aromatic rings. The van der Waals surface area contributed by atoms with Gasteiger partial charge in [0.05, 0.1) is 38.4 Å². The van der Waals surface area contributed by atoms with E-state index in [0.29, 0.717) is 23.1 Å². The molecule has 0 N–H and O–H groups in total. The highest BCUT2D eigenvalue weighted by molar-refractivity contribution is 7.88. The number of carbonyl (C=O) groups is 2. The van der Waals surface area contributed by atoms with Gasteiger partial charge in [-0.15, -0.1) is 0 Å². The van der Waals surface area contributed by atoms with Gasteiger partial charge in [-0.1, -0.05) is 13.8 Å². The molecule has 4 rings (SSSR count). The molecule has 0 unspecified atom stereocenters. The first-order valence-electron chi connectivity index (χ1n) is 11.3. The summed E-state index contributed by atoms with van der Waals surface area (Å²) in [5, 5.41) is 0. The van der Waals surface area contributed by atoms with E-state index in [-0.39, 0.29) is 17.7 Å². The third kappa shape index (κ3) is 3.50. The second-order valence-corrected chi connectivity index (χ2v) is 11.9. The van der Waals surface area contributed by atoms with Crippen LogP contribution >= 0.6 is 0 Å². The van der Waals surface area contributed by atoms with E-state index in [0.717, 1.165) is 42.3 Å². The normalized spacial score (nSPS) is 30.7. The SMILES string of the molecule is CC(C)[C@@H]1C(=O)N(S(C)(=O)=O)[C@@H]2CCN(C(=O)C3=CC=C(N4CCCCC4)[N+]3(C)C)[C@H]21. The summed E-state index contributed by atoms with van der Waals surface area (Å²) in [5.41, 5.74) is 0.675. The molecule has 9 heteroatoms. The van der Waals surface area contributed by atoms with E-state index in [4.69, 9.17) is 0 Å². The minimum atomic E-state index is -3.68. The van der Waals surface area contributed by atoms with Gasteiger partial charge in [0.15, 0.2) is 0 Å². The lowest BCUT2D eigenvalue weighted by atomic mass is 9.88. The molecule has 0 saturated carbocycles. The molecule has 8 nitrogen and oxygen atoms in total. The third-order valence-corrected chi connectivity index (χ3v) is 8.56. The second-order valence-electron chi connectivity index (χ2n) is 10.1. The van der Waals surface area contributed by atoms with Crippen molar-refractivity contribution in [1.82, 2.24) is 14.1 Å². The summed E-state index contributed by atoms with van der Waals surface area (Å²) >= 11 is 0. The van der Waals surface area contributed by atoms with Crippen molar-refractivity contribution in [2.75, 3.05) is 40.0 Å². The number of carbonyl (C=O) groups excluding carboxylic acids is 2. The van der Waals surface area contributed by atoms with E-state index < -0.39 is 28.0 Å². The smallest absolute Gasteiger partial charge is 0.308 e. The second kappa shape index (κ2) is 7.62. The van der Waals surface area contributed by atoms with E-state index >= 15 is 0 Å². The predicted molar refractivity (Wildman–Crippen MR) is 118 cm³/mol. The summed E-state index contributed by atoms with van der Waals surface area (Å²) in [7, 11) is 0.394. The molecular weight excluding hydrogens is 416 g/mol. The van der Waals surface area contributed by atoms with Crippen LogP contribution in [0.15, 0.2) is 23.7 Å². The van der Waals surface area contributed by atoms with Crippen molar-refractivity contribution in [3.8, 4) is 0 Å². The van der Waals surface area contributed by atoms with E-state index in [1.165, 1.54) is 6.42 Å². The molecule has 0 aromatic heterocycles. The Morgan fingerprint density at radius 1 is 1.10 bits per heavy atom. The van der Waals surface area contributed by atoms with Crippen LogP contribution in [-0.2, 0) is 19.6 Å². The predicted octanol–water partition coefficient (Wildman–Crippen LogP) is 1.33. The molecular formula is C22H35N4O4S+. The highest BCUT2D eigenvalue weighted by Crippen LogP contribution is 2.43. The van der Waals surface area contributed by atoms with Crippen molar-refractivity contribution in [3.05, 3.63) is 23.7 Å². The van der Waals surface area contributed by atoms with Gasteiger partial charge in [-0.25, -0.2) is 17.2 Å². The van der Waals surface area contributed by atoms with Gasteiger partial charge in [-0.2, -0.15) is 0 Å². The van der Waals surface area contributed by atoms with Crippen molar-refractivity contribution in [2.24, 2.45) is 11.8 Å². The quantitative estimate of drug-likeness (QED) is 0.603. The van der Waals surface area contributed by atoms with E-state index in [9.17, 15) is 18.0 Å². The zero-order valence-electron chi connectivity index (χ0n) is 19.2. The van der Waals surface area contributed by atoms with Crippen LogP contribution in [0.4, 0.5) is 0 Å². The lowest BCUT2D eigenvalue weighted by Crippen LogP contribution is -2.51. The highest BCUT2D eigenvalue weighted by Gasteiger charge is 2.59. The monoisotopic (exact) mass is 451 g/mol. The number of hydrogen-bond acceptors (Lipinski definition) is 5. The number of piperidine rings is 1. The molecule has 3 atom stereocenters. The Labute approximate surface area is 185 Å². The van der Waals surface area contributed by atoms with Crippen molar-refractivity contribution in [3.63, 3.8) is 0 Å². The minimum Gasteiger partial charge on any atom is -0.328 e. The van der Waals surface area contributed by atoms with Crippen LogP contribution in [0.5, 0.6) is 0 Å². The maximum absolute atomic E-state index is 13.8. The van der Waals surface area contributed by atoms with E-state index in [2.05, 4.69) is 11.0 Å². The fourth-order valence-corrected chi connectivity index (χ4v) is 7.13. The van der Waals surface area contributed by atoms with Crippen LogP contribution in [0.2, 0.25) is 0 Å². The van der Waals surface area contributed by atoms with Crippen LogP contribution in [0, 0.1) is 11.8 Å². The molecule has 4 aliphatic rings. The van der Waals surface area contributed by atoms with E-state index in [1.54, 1.807) is 4.90 Å². The van der Waals surface area contributed by atoms with Crippen LogP contribution in [0.25, 0.3) is 0 Å². The Morgan fingerprint density at radius 3 is 2.32 bits per heavy atom. The number of rotatable bonds is 4. The van der Waals surface area contributed by atoms with Gasteiger partial charge in [0.1, 0.15) is 0 Å². The summed E-state index contributed by atoms with van der Waals surface area (Å²) in [4.78, 5) is 31.0. The van der Waals surface area contributed by atoms with Crippen molar-refractivity contribution in [1.29, 1.82) is 0 Å². The van der Waals surface area contributed by atoms with Crippen molar-refractivity contribution >= 4 is 21.8 Å². The maximum atomic E-state index is 13.8. The number of hydrogen-bond donors (Lipinski definition) is 0. The number of likely N-dealkylation sites (tertiary alicyclic amines) is 2. The van der Waals surface area contributed by atoms with Gasteiger partial charge >= 0.3 is 5.91 Å². The van der Waals surface area contributed by atoms with Gasteiger partial charge < -0.3 is 9.80 Å². The maximum Gasteiger partial charge on any atom is 0.308 e. The lowest BCUT2D eigenvalue weighted by Gasteiger charge is -2.39. The highest BCUT2D eigenvalue weighted by atomic mass is 32.2. The van der Waals surface area contributed by atoms with E-state index in [1.807, 2.05) is 34.0 Å². The molecule has 172 valence electrons.